The number of hydrogen-bond acceptors (Lipinski definition) is 3. The molecule has 1 aromatic rings. The smallest absolute Gasteiger partial charge is 0.245 e. The standard InChI is InChI=1S/C18H24N2O2S/c1-12-9-15(14-6-8-23-11-14)10-20(12)18(22)16-3-2-7-19(16)17(21)13-4-5-13/h6,8,11-13,15-16H,2-5,7,9-10H2,1H3/t12-,15-,16-/m1/s1. The van der Waals surface area contributed by atoms with E-state index >= 15 is 0 Å². The van der Waals surface area contributed by atoms with E-state index in [2.05, 4.69) is 23.8 Å². The Morgan fingerprint density at radius 2 is 2.00 bits per heavy atom. The summed E-state index contributed by atoms with van der Waals surface area (Å²) in [5.41, 5.74) is 1.36. The molecule has 2 aliphatic heterocycles. The van der Waals surface area contributed by atoms with Crippen molar-refractivity contribution < 1.29 is 9.59 Å². The molecule has 124 valence electrons. The monoisotopic (exact) mass is 332 g/mol. The lowest BCUT2D eigenvalue weighted by Gasteiger charge is -2.30. The van der Waals surface area contributed by atoms with Gasteiger partial charge in [-0.25, -0.2) is 0 Å². The van der Waals surface area contributed by atoms with Gasteiger partial charge in [0, 0.05) is 31.0 Å². The zero-order valence-corrected chi connectivity index (χ0v) is 14.4. The second-order valence-electron chi connectivity index (χ2n) is 7.29. The molecule has 1 saturated carbocycles. The lowest BCUT2D eigenvalue weighted by molar-refractivity contribution is -0.144. The van der Waals surface area contributed by atoms with E-state index in [9.17, 15) is 9.59 Å². The molecule has 3 aliphatic rings. The number of thiophene rings is 1. The average molecular weight is 332 g/mol. The number of rotatable bonds is 3. The molecular formula is C18H24N2O2S. The molecule has 0 aromatic carbocycles. The third-order valence-corrected chi connectivity index (χ3v) is 6.32. The molecule has 0 spiro atoms. The number of hydrogen-bond donors (Lipinski definition) is 0. The van der Waals surface area contributed by atoms with E-state index in [1.165, 1.54) is 5.56 Å². The van der Waals surface area contributed by atoms with Crippen LogP contribution in [0.1, 0.15) is 50.5 Å². The van der Waals surface area contributed by atoms with Crippen molar-refractivity contribution in [2.45, 2.75) is 57.0 Å². The fraction of sp³-hybridized carbons (Fsp3) is 0.667. The van der Waals surface area contributed by atoms with E-state index < -0.39 is 0 Å². The summed E-state index contributed by atoms with van der Waals surface area (Å²) < 4.78 is 0. The third kappa shape index (κ3) is 2.80. The second kappa shape index (κ2) is 5.93. The summed E-state index contributed by atoms with van der Waals surface area (Å²) in [6.07, 6.45) is 4.85. The van der Waals surface area contributed by atoms with Crippen LogP contribution in [0.5, 0.6) is 0 Å². The number of carbonyl (C=O) groups is 2. The normalized spacial score (nSPS) is 30.9. The summed E-state index contributed by atoms with van der Waals surface area (Å²) in [6, 6.07) is 2.24. The summed E-state index contributed by atoms with van der Waals surface area (Å²) in [7, 11) is 0. The van der Waals surface area contributed by atoms with Crippen molar-refractivity contribution in [1.29, 1.82) is 0 Å². The molecule has 2 saturated heterocycles. The van der Waals surface area contributed by atoms with Crippen LogP contribution in [0.25, 0.3) is 0 Å². The van der Waals surface area contributed by atoms with Gasteiger partial charge < -0.3 is 9.80 Å². The quantitative estimate of drug-likeness (QED) is 0.854. The predicted molar refractivity (Wildman–Crippen MR) is 90.3 cm³/mol. The Morgan fingerprint density at radius 3 is 2.70 bits per heavy atom. The Kier molecular flexibility index (Phi) is 3.92. The summed E-state index contributed by atoms with van der Waals surface area (Å²) >= 11 is 1.72. The first-order valence-corrected chi connectivity index (χ1v) is 9.72. The summed E-state index contributed by atoms with van der Waals surface area (Å²) in [6.45, 7) is 3.72. The van der Waals surface area contributed by atoms with Gasteiger partial charge >= 0.3 is 0 Å². The molecule has 3 fully saturated rings. The van der Waals surface area contributed by atoms with E-state index in [1.807, 2.05) is 9.80 Å². The molecule has 1 aromatic heterocycles. The molecule has 3 atom stereocenters. The number of carbonyl (C=O) groups excluding carboxylic acids is 2. The van der Waals surface area contributed by atoms with Gasteiger partial charge in [-0.05, 0) is 61.4 Å². The van der Waals surface area contributed by atoms with Gasteiger partial charge in [0.05, 0.1) is 0 Å². The van der Waals surface area contributed by atoms with Gasteiger partial charge in [-0.2, -0.15) is 11.3 Å². The molecule has 23 heavy (non-hydrogen) atoms. The minimum atomic E-state index is -0.202. The van der Waals surface area contributed by atoms with Gasteiger partial charge in [0.2, 0.25) is 11.8 Å². The van der Waals surface area contributed by atoms with Crippen LogP contribution < -0.4 is 0 Å². The molecule has 0 bridgehead atoms. The average Bonchev–Trinajstić information content (AvgIpc) is 2.97. The van der Waals surface area contributed by atoms with E-state index in [1.54, 1.807) is 11.3 Å². The van der Waals surface area contributed by atoms with Crippen molar-refractivity contribution >= 4 is 23.2 Å². The van der Waals surface area contributed by atoms with Gasteiger partial charge in [0.25, 0.3) is 0 Å². The third-order valence-electron chi connectivity index (χ3n) is 5.62. The minimum Gasteiger partial charge on any atom is -0.338 e. The summed E-state index contributed by atoms with van der Waals surface area (Å²) in [5.74, 6) is 1.07. The van der Waals surface area contributed by atoms with Crippen molar-refractivity contribution in [1.82, 2.24) is 9.80 Å². The van der Waals surface area contributed by atoms with Gasteiger partial charge in [0.15, 0.2) is 0 Å². The Hall–Kier alpha value is -1.36. The molecule has 4 rings (SSSR count). The Labute approximate surface area is 141 Å². The highest BCUT2D eigenvalue weighted by molar-refractivity contribution is 7.08. The number of amides is 2. The summed E-state index contributed by atoms with van der Waals surface area (Å²) in [4.78, 5) is 29.4. The fourth-order valence-corrected chi connectivity index (χ4v) is 4.87. The first-order chi connectivity index (χ1) is 11.1. The van der Waals surface area contributed by atoms with Crippen molar-refractivity contribution in [3.63, 3.8) is 0 Å². The van der Waals surface area contributed by atoms with E-state index in [4.69, 9.17) is 0 Å². The Balaban J connectivity index is 1.46. The highest BCUT2D eigenvalue weighted by Gasteiger charge is 2.44. The van der Waals surface area contributed by atoms with Gasteiger partial charge in [-0.1, -0.05) is 0 Å². The number of nitrogens with zero attached hydrogens (tertiary/aromatic N) is 2. The number of likely N-dealkylation sites (tertiary alicyclic amines) is 2. The largest absolute Gasteiger partial charge is 0.338 e. The van der Waals surface area contributed by atoms with Crippen molar-refractivity contribution in [3.05, 3.63) is 22.4 Å². The maximum Gasteiger partial charge on any atom is 0.245 e. The Bertz CT molecular complexity index is 596. The van der Waals surface area contributed by atoms with E-state index in [-0.39, 0.29) is 29.8 Å². The zero-order valence-electron chi connectivity index (χ0n) is 13.6. The lowest BCUT2D eigenvalue weighted by atomic mass is 10.00. The van der Waals surface area contributed by atoms with Crippen molar-refractivity contribution in [2.24, 2.45) is 5.92 Å². The van der Waals surface area contributed by atoms with Crippen LogP contribution in [-0.4, -0.2) is 46.8 Å². The highest BCUT2D eigenvalue weighted by Crippen LogP contribution is 2.36. The van der Waals surface area contributed by atoms with Crippen LogP contribution in [0.3, 0.4) is 0 Å². The summed E-state index contributed by atoms with van der Waals surface area (Å²) in [5, 5.41) is 4.31. The van der Waals surface area contributed by atoms with E-state index in [0.29, 0.717) is 5.92 Å². The van der Waals surface area contributed by atoms with Crippen LogP contribution >= 0.6 is 11.3 Å². The maximum atomic E-state index is 13.1. The lowest BCUT2D eigenvalue weighted by Crippen LogP contribution is -2.49. The molecule has 0 N–H and O–H groups in total. The Morgan fingerprint density at radius 1 is 1.17 bits per heavy atom. The first kappa shape index (κ1) is 15.2. The first-order valence-electron chi connectivity index (χ1n) is 8.78. The molecule has 5 heteroatoms. The zero-order chi connectivity index (χ0) is 16.0. The van der Waals surface area contributed by atoms with Crippen LogP contribution in [0, 0.1) is 5.92 Å². The molecule has 1 aliphatic carbocycles. The van der Waals surface area contributed by atoms with Gasteiger partial charge in [-0.15, -0.1) is 0 Å². The van der Waals surface area contributed by atoms with Gasteiger partial charge in [-0.3, -0.25) is 9.59 Å². The van der Waals surface area contributed by atoms with Crippen LogP contribution in [0.4, 0.5) is 0 Å². The molecule has 2 amide bonds. The predicted octanol–water partition coefficient (Wildman–Crippen LogP) is 2.85. The minimum absolute atomic E-state index is 0.182. The fourth-order valence-electron chi connectivity index (χ4n) is 4.13. The molecular weight excluding hydrogens is 308 g/mol. The van der Waals surface area contributed by atoms with Gasteiger partial charge in [0.1, 0.15) is 6.04 Å². The topological polar surface area (TPSA) is 40.6 Å². The SMILES string of the molecule is C[C@@H]1C[C@@H](c2ccsc2)CN1C(=O)[C@H]1CCCN1C(=O)C1CC1. The van der Waals surface area contributed by atoms with Crippen LogP contribution in [0.15, 0.2) is 16.8 Å². The second-order valence-corrected chi connectivity index (χ2v) is 8.07. The van der Waals surface area contributed by atoms with Crippen LogP contribution in [0.2, 0.25) is 0 Å². The molecule has 4 nitrogen and oxygen atoms in total. The maximum absolute atomic E-state index is 13.1. The molecule has 0 radical (unpaired) electrons. The van der Waals surface area contributed by atoms with Crippen LogP contribution in [-0.2, 0) is 9.59 Å². The van der Waals surface area contributed by atoms with E-state index in [0.717, 1.165) is 45.2 Å². The van der Waals surface area contributed by atoms with Crippen molar-refractivity contribution in [3.8, 4) is 0 Å². The highest BCUT2D eigenvalue weighted by atomic mass is 32.1. The molecule has 3 heterocycles. The van der Waals surface area contributed by atoms with Crippen molar-refractivity contribution in [2.75, 3.05) is 13.1 Å². The molecule has 0 unspecified atom stereocenters.